The SMILES string of the molecule is CCOc1cc(/C=C2/NC(=O)N(c3ccccc3)C2=O)cc(I)c1OCC(=O)Nc1ccc(F)cc1. The maximum atomic E-state index is 13.1. The van der Waals surface area contributed by atoms with Crippen LogP contribution in [0.5, 0.6) is 11.5 Å². The van der Waals surface area contributed by atoms with Gasteiger partial charge in [0, 0.05) is 5.69 Å². The van der Waals surface area contributed by atoms with Crippen molar-refractivity contribution in [2.45, 2.75) is 6.92 Å². The molecule has 2 N–H and O–H groups in total. The molecule has 0 atom stereocenters. The monoisotopic (exact) mass is 601 g/mol. The van der Waals surface area contributed by atoms with Crippen molar-refractivity contribution >= 4 is 57.9 Å². The van der Waals surface area contributed by atoms with Crippen LogP contribution in [0.15, 0.2) is 72.4 Å². The summed E-state index contributed by atoms with van der Waals surface area (Å²) in [5.74, 6) is -0.561. The quantitative estimate of drug-likeness (QED) is 0.217. The Morgan fingerprint density at radius 2 is 1.81 bits per heavy atom. The van der Waals surface area contributed by atoms with E-state index >= 15 is 0 Å². The second-order valence-electron chi connectivity index (χ2n) is 7.57. The van der Waals surface area contributed by atoms with Crippen molar-refractivity contribution in [1.82, 2.24) is 5.32 Å². The van der Waals surface area contributed by atoms with Crippen LogP contribution in [0.2, 0.25) is 0 Å². The molecule has 10 heteroatoms. The number of nitrogens with one attached hydrogen (secondary N) is 2. The van der Waals surface area contributed by atoms with Crippen LogP contribution < -0.4 is 25.0 Å². The lowest BCUT2D eigenvalue weighted by Crippen LogP contribution is -2.30. The molecule has 4 rings (SSSR count). The van der Waals surface area contributed by atoms with Gasteiger partial charge >= 0.3 is 6.03 Å². The van der Waals surface area contributed by atoms with Crippen LogP contribution in [0.3, 0.4) is 0 Å². The maximum absolute atomic E-state index is 13.1. The third-order valence-electron chi connectivity index (χ3n) is 5.01. The average molecular weight is 601 g/mol. The Morgan fingerprint density at radius 1 is 1.08 bits per heavy atom. The highest BCUT2D eigenvalue weighted by atomic mass is 127. The fourth-order valence-electron chi connectivity index (χ4n) is 3.46. The van der Waals surface area contributed by atoms with E-state index in [4.69, 9.17) is 9.47 Å². The van der Waals surface area contributed by atoms with Gasteiger partial charge in [0.1, 0.15) is 11.5 Å². The smallest absolute Gasteiger partial charge is 0.333 e. The van der Waals surface area contributed by atoms with Gasteiger partial charge in [-0.05, 0) is 89.7 Å². The van der Waals surface area contributed by atoms with Crippen molar-refractivity contribution in [2.75, 3.05) is 23.4 Å². The highest BCUT2D eigenvalue weighted by molar-refractivity contribution is 14.1. The van der Waals surface area contributed by atoms with Crippen molar-refractivity contribution in [2.24, 2.45) is 0 Å². The predicted octanol–water partition coefficient (Wildman–Crippen LogP) is 4.94. The number of carbonyl (C=O) groups excluding carboxylic acids is 3. The molecule has 1 fully saturated rings. The molecule has 36 heavy (non-hydrogen) atoms. The second-order valence-corrected chi connectivity index (χ2v) is 8.73. The Kier molecular flexibility index (Phi) is 7.84. The van der Waals surface area contributed by atoms with Crippen molar-refractivity contribution in [1.29, 1.82) is 0 Å². The zero-order chi connectivity index (χ0) is 25.7. The first-order valence-corrected chi connectivity index (χ1v) is 12.0. The molecule has 0 aliphatic carbocycles. The molecule has 0 bridgehead atoms. The van der Waals surface area contributed by atoms with Crippen LogP contribution in [0.1, 0.15) is 12.5 Å². The summed E-state index contributed by atoms with van der Waals surface area (Å²) in [4.78, 5) is 38.7. The fraction of sp³-hybridized carbons (Fsp3) is 0.115. The first kappa shape index (κ1) is 25.2. The van der Waals surface area contributed by atoms with Crippen molar-refractivity contribution < 1.29 is 28.2 Å². The summed E-state index contributed by atoms with van der Waals surface area (Å²) in [6.07, 6.45) is 1.55. The fourth-order valence-corrected chi connectivity index (χ4v) is 4.24. The molecule has 0 saturated carbocycles. The lowest BCUT2D eigenvalue weighted by atomic mass is 10.1. The standard InChI is InChI=1S/C26H21FIN3O5/c1-2-35-22-14-16(13-21-25(33)31(26(34)30-21)19-6-4-3-5-7-19)12-20(28)24(22)36-15-23(32)29-18-10-8-17(27)9-11-18/h3-14H,2,15H2,1H3,(H,29,32)(H,30,34)/b21-13+. The maximum Gasteiger partial charge on any atom is 0.333 e. The first-order valence-electron chi connectivity index (χ1n) is 10.9. The van der Waals surface area contributed by atoms with Gasteiger partial charge in [0.15, 0.2) is 18.1 Å². The number of rotatable bonds is 8. The number of imide groups is 1. The number of hydrogen-bond donors (Lipinski definition) is 2. The van der Waals surface area contributed by atoms with Crippen molar-refractivity contribution in [3.05, 3.63) is 87.4 Å². The molecular weight excluding hydrogens is 580 g/mol. The van der Waals surface area contributed by atoms with Crippen LogP contribution >= 0.6 is 22.6 Å². The average Bonchev–Trinajstić information content (AvgIpc) is 3.13. The Hall–Kier alpha value is -3.93. The van der Waals surface area contributed by atoms with Crippen LogP contribution in [-0.2, 0) is 9.59 Å². The van der Waals surface area contributed by atoms with E-state index in [0.29, 0.717) is 38.6 Å². The lowest BCUT2D eigenvalue weighted by Gasteiger charge is -2.15. The summed E-state index contributed by atoms with van der Waals surface area (Å²) in [6.45, 7) is 1.85. The second kappa shape index (κ2) is 11.2. The predicted molar refractivity (Wildman–Crippen MR) is 141 cm³/mol. The minimum absolute atomic E-state index is 0.120. The summed E-state index contributed by atoms with van der Waals surface area (Å²) in [7, 11) is 0. The molecule has 0 spiro atoms. The van der Waals surface area contributed by atoms with E-state index in [0.717, 1.165) is 4.90 Å². The molecule has 3 aromatic carbocycles. The van der Waals surface area contributed by atoms with Gasteiger partial charge in [-0.1, -0.05) is 18.2 Å². The Balaban J connectivity index is 1.51. The van der Waals surface area contributed by atoms with E-state index in [9.17, 15) is 18.8 Å². The van der Waals surface area contributed by atoms with Gasteiger partial charge in [-0.25, -0.2) is 14.1 Å². The molecule has 1 heterocycles. The molecular formula is C26H21FIN3O5. The molecule has 1 saturated heterocycles. The number of para-hydroxylation sites is 1. The number of halogens is 2. The van der Waals surface area contributed by atoms with Crippen LogP contribution in [0, 0.1) is 9.39 Å². The molecule has 184 valence electrons. The minimum Gasteiger partial charge on any atom is -0.490 e. The third kappa shape index (κ3) is 5.82. The van der Waals surface area contributed by atoms with Gasteiger partial charge in [-0.2, -0.15) is 0 Å². The van der Waals surface area contributed by atoms with Gasteiger partial charge in [-0.15, -0.1) is 0 Å². The van der Waals surface area contributed by atoms with E-state index in [1.54, 1.807) is 48.5 Å². The number of amides is 4. The van der Waals surface area contributed by atoms with Crippen LogP contribution in [-0.4, -0.2) is 31.1 Å². The third-order valence-corrected chi connectivity index (χ3v) is 5.81. The molecule has 3 aromatic rings. The lowest BCUT2D eigenvalue weighted by molar-refractivity contribution is -0.118. The topological polar surface area (TPSA) is 97.0 Å². The number of benzene rings is 3. The Morgan fingerprint density at radius 3 is 2.50 bits per heavy atom. The molecule has 1 aliphatic rings. The number of anilines is 2. The van der Waals surface area contributed by atoms with E-state index in [2.05, 4.69) is 10.6 Å². The number of ether oxygens (including phenoxy) is 2. The summed E-state index contributed by atoms with van der Waals surface area (Å²) in [5.41, 5.74) is 1.63. The Labute approximate surface area is 220 Å². The molecule has 0 unspecified atom stereocenters. The van der Waals surface area contributed by atoms with E-state index in [1.165, 1.54) is 24.3 Å². The molecule has 8 nitrogen and oxygen atoms in total. The van der Waals surface area contributed by atoms with Gasteiger partial charge in [-0.3, -0.25) is 9.59 Å². The summed E-state index contributed by atoms with van der Waals surface area (Å²) in [6, 6.07) is 16.9. The number of carbonyl (C=O) groups is 3. The van der Waals surface area contributed by atoms with Crippen LogP contribution in [0.4, 0.5) is 20.6 Å². The molecule has 1 aliphatic heterocycles. The van der Waals surface area contributed by atoms with E-state index in [-0.39, 0.29) is 12.3 Å². The first-order chi connectivity index (χ1) is 17.4. The largest absolute Gasteiger partial charge is 0.490 e. The van der Waals surface area contributed by atoms with E-state index < -0.39 is 23.7 Å². The number of urea groups is 1. The summed E-state index contributed by atoms with van der Waals surface area (Å²) >= 11 is 2.04. The normalized spacial score (nSPS) is 14.1. The van der Waals surface area contributed by atoms with Crippen molar-refractivity contribution in [3.8, 4) is 11.5 Å². The highest BCUT2D eigenvalue weighted by Crippen LogP contribution is 2.35. The summed E-state index contributed by atoms with van der Waals surface area (Å²) in [5, 5.41) is 5.23. The van der Waals surface area contributed by atoms with E-state index in [1.807, 2.05) is 29.5 Å². The zero-order valence-electron chi connectivity index (χ0n) is 19.1. The number of nitrogens with zero attached hydrogens (tertiary/aromatic N) is 1. The van der Waals surface area contributed by atoms with Gasteiger partial charge in [0.2, 0.25) is 0 Å². The van der Waals surface area contributed by atoms with Gasteiger partial charge in [0.05, 0.1) is 15.9 Å². The van der Waals surface area contributed by atoms with Crippen LogP contribution in [0.25, 0.3) is 6.08 Å². The summed E-state index contributed by atoms with van der Waals surface area (Å²) < 4.78 is 25.1. The molecule has 0 radical (unpaired) electrons. The minimum atomic E-state index is -0.538. The Bertz CT molecular complexity index is 1330. The van der Waals surface area contributed by atoms with Crippen molar-refractivity contribution in [3.63, 3.8) is 0 Å². The molecule has 4 amide bonds. The number of hydrogen-bond acceptors (Lipinski definition) is 5. The highest BCUT2D eigenvalue weighted by Gasteiger charge is 2.34. The molecule has 0 aromatic heterocycles. The zero-order valence-corrected chi connectivity index (χ0v) is 21.2. The van der Waals surface area contributed by atoms with Gasteiger partial charge in [0.25, 0.3) is 11.8 Å². The van der Waals surface area contributed by atoms with Gasteiger partial charge < -0.3 is 20.1 Å².